The maximum atomic E-state index is 5.04. The fraction of sp³-hybridized carbons (Fsp3) is 0.500. The van der Waals surface area contributed by atoms with Gasteiger partial charge in [0.2, 0.25) is 0 Å². The van der Waals surface area contributed by atoms with E-state index in [0.29, 0.717) is 13.1 Å². The molecule has 0 fully saturated rings. The van der Waals surface area contributed by atoms with Crippen molar-refractivity contribution in [3.63, 3.8) is 0 Å². The lowest BCUT2D eigenvalue weighted by Crippen LogP contribution is -2.16. The molecule has 11 heavy (non-hydrogen) atoms. The molecule has 0 aliphatic heterocycles. The second kappa shape index (κ2) is 3.68. The van der Waals surface area contributed by atoms with Gasteiger partial charge in [0, 0.05) is 7.05 Å². The van der Waals surface area contributed by atoms with Gasteiger partial charge < -0.3 is 0 Å². The summed E-state index contributed by atoms with van der Waals surface area (Å²) in [7, 11) is 1.78. The van der Waals surface area contributed by atoms with Gasteiger partial charge in [-0.1, -0.05) is 5.92 Å². The third-order valence-electron chi connectivity index (χ3n) is 1.22. The van der Waals surface area contributed by atoms with Crippen molar-refractivity contribution in [3.8, 4) is 12.3 Å². The van der Waals surface area contributed by atoms with E-state index in [1.807, 2.05) is 0 Å². The van der Waals surface area contributed by atoms with Crippen molar-refractivity contribution in [2.45, 2.75) is 6.54 Å². The smallest absolute Gasteiger partial charge is 0.164 e. The van der Waals surface area contributed by atoms with Crippen LogP contribution in [0.2, 0.25) is 0 Å². The van der Waals surface area contributed by atoms with Crippen LogP contribution in [0, 0.1) is 12.3 Å². The Balaban J connectivity index is 2.40. The molecule has 0 atom stereocenters. The highest BCUT2D eigenvalue weighted by Gasteiger charge is 1.98. The van der Waals surface area contributed by atoms with E-state index in [1.54, 1.807) is 11.7 Å². The van der Waals surface area contributed by atoms with E-state index in [0.717, 1.165) is 5.82 Å². The number of rotatable bonds is 3. The predicted octanol–water partition coefficient (Wildman–Crippen LogP) is -1.07. The second-order valence-corrected chi connectivity index (χ2v) is 2.03. The van der Waals surface area contributed by atoms with Crippen molar-refractivity contribution < 1.29 is 0 Å². The molecule has 0 saturated heterocycles. The van der Waals surface area contributed by atoms with Gasteiger partial charge >= 0.3 is 0 Å². The van der Waals surface area contributed by atoms with Crippen molar-refractivity contribution in [1.29, 1.82) is 0 Å². The summed E-state index contributed by atoms with van der Waals surface area (Å²) in [6.45, 7) is 1.14. The average Bonchev–Trinajstić information content (AvgIpc) is 2.37. The maximum Gasteiger partial charge on any atom is 0.164 e. The van der Waals surface area contributed by atoms with Crippen molar-refractivity contribution in [3.05, 3.63) is 5.82 Å². The monoisotopic (exact) mass is 151 g/mol. The fourth-order valence-electron chi connectivity index (χ4n) is 0.644. The van der Waals surface area contributed by atoms with Gasteiger partial charge in [0.15, 0.2) is 5.82 Å². The van der Waals surface area contributed by atoms with Crippen LogP contribution in [0.3, 0.4) is 0 Å². The molecule has 0 aliphatic rings. The molecular formula is C6H9N5. The number of hydrogen-bond donors (Lipinski definition) is 1. The summed E-state index contributed by atoms with van der Waals surface area (Å²) < 4.78 is 1.60. The minimum Gasteiger partial charge on any atom is -0.299 e. The van der Waals surface area contributed by atoms with Crippen LogP contribution in [-0.2, 0) is 13.6 Å². The zero-order valence-electron chi connectivity index (χ0n) is 6.28. The van der Waals surface area contributed by atoms with Gasteiger partial charge in [0.25, 0.3) is 0 Å². The zero-order chi connectivity index (χ0) is 8.10. The third kappa shape index (κ3) is 2.02. The van der Waals surface area contributed by atoms with Gasteiger partial charge in [0.1, 0.15) is 0 Å². The van der Waals surface area contributed by atoms with Gasteiger partial charge in [-0.05, 0) is 10.4 Å². The van der Waals surface area contributed by atoms with Crippen LogP contribution < -0.4 is 5.32 Å². The Hall–Kier alpha value is -1.41. The van der Waals surface area contributed by atoms with Crippen LogP contribution in [0.1, 0.15) is 5.82 Å². The molecule has 1 heterocycles. The lowest BCUT2D eigenvalue weighted by atomic mass is 10.5. The SMILES string of the molecule is C#CCNCc1nnnn1C. The van der Waals surface area contributed by atoms with E-state index in [1.165, 1.54) is 0 Å². The maximum absolute atomic E-state index is 5.04. The van der Waals surface area contributed by atoms with Crippen molar-refractivity contribution in [2.24, 2.45) is 7.05 Å². The molecule has 5 nitrogen and oxygen atoms in total. The molecule has 0 radical (unpaired) electrons. The molecule has 0 amide bonds. The first kappa shape index (κ1) is 7.69. The summed E-state index contributed by atoms with van der Waals surface area (Å²) in [6.07, 6.45) is 5.04. The van der Waals surface area contributed by atoms with E-state index >= 15 is 0 Å². The number of hydrogen-bond acceptors (Lipinski definition) is 4. The van der Waals surface area contributed by atoms with Gasteiger partial charge in [0.05, 0.1) is 13.1 Å². The van der Waals surface area contributed by atoms with Crippen molar-refractivity contribution in [1.82, 2.24) is 25.5 Å². The molecule has 0 saturated carbocycles. The molecule has 1 rings (SSSR count). The van der Waals surface area contributed by atoms with E-state index < -0.39 is 0 Å². The second-order valence-electron chi connectivity index (χ2n) is 2.03. The summed E-state index contributed by atoms with van der Waals surface area (Å²) in [5, 5.41) is 13.9. The molecule has 58 valence electrons. The number of aromatic nitrogens is 4. The molecule has 0 aliphatic carbocycles. The number of tetrazole rings is 1. The summed E-state index contributed by atoms with van der Waals surface area (Å²) >= 11 is 0. The van der Waals surface area contributed by atoms with E-state index in [2.05, 4.69) is 26.8 Å². The number of nitrogens with zero attached hydrogens (tertiary/aromatic N) is 4. The highest BCUT2D eigenvalue weighted by molar-refractivity contribution is 4.88. The highest BCUT2D eigenvalue weighted by atomic mass is 15.5. The van der Waals surface area contributed by atoms with Crippen LogP contribution in [-0.4, -0.2) is 26.8 Å². The van der Waals surface area contributed by atoms with E-state index in [4.69, 9.17) is 6.42 Å². The Morgan fingerprint density at radius 3 is 3.09 bits per heavy atom. The topological polar surface area (TPSA) is 55.6 Å². The molecule has 1 aromatic rings. The molecule has 0 unspecified atom stereocenters. The Kier molecular flexibility index (Phi) is 2.58. The van der Waals surface area contributed by atoms with E-state index in [9.17, 15) is 0 Å². The van der Waals surface area contributed by atoms with Gasteiger partial charge in [-0.25, -0.2) is 4.68 Å². The normalized spacial score (nSPS) is 9.45. The summed E-state index contributed by atoms with van der Waals surface area (Å²) in [4.78, 5) is 0. The van der Waals surface area contributed by atoms with E-state index in [-0.39, 0.29) is 0 Å². The van der Waals surface area contributed by atoms with Crippen molar-refractivity contribution >= 4 is 0 Å². The number of terminal acetylenes is 1. The van der Waals surface area contributed by atoms with Gasteiger partial charge in [-0.2, -0.15) is 0 Å². The van der Waals surface area contributed by atoms with Crippen LogP contribution in [0.25, 0.3) is 0 Å². The molecular weight excluding hydrogens is 142 g/mol. The van der Waals surface area contributed by atoms with Crippen LogP contribution in [0.15, 0.2) is 0 Å². The Morgan fingerprint density at radius 2 is 2.55 bits per heavy atom. The lowest BCUT2D eigenvalue weighted by Gasteiger charge is -1.96. The number of aryl methyl sites for hydroxylation is 1. The average molecular weight is 151 g/mol. The number of nitrogens with one attached hydrogen (secondary N) is 1. The first-order valence-electron chi connectivity index (χ1n) is 3.20. The first-order valence-corrected chi connectivity index (χ1v) is 3.20. The highest BCUT2D eigenvalue weighted by Crippen LogP contribution is 1.85. The molecule has 0 spiro atoms. The van der Waals surface area contributed by atoms with Gasteiger partial charge in [-0.3, -0.25) is 5.32 Å². The fourth-order valence-corrected chi connectivity index (χ4v) is 0.644. The zero-order valence-corrected chi connectivity index (χ0v) is 6.28. The molecule has 1 N–H and O–H groups in total. The Labute approximate surface area is 64.8 Å². The minimum atomic E-state index is 0.535. The van der Waals surface area contributed by atoms with Gasteiger partial charge in [-0.15, -0.1) is 11.5 Å². The summed E-state index contributed by atoms with van der Waals surface area (Å²) in [5.74, 6) is 3.24. The summed E-state index contributed by atoms with van der Waals surface area (Å²) in [6, 6.07) is 0. The van der Waals surface area contributed by atoms with Crippen LogP contribution in [0.4, 0.5) is 0 Å². The van der Waals surface area contributed by atoms with Crippen LogP contribution >= 0.6 is 0 Å². The van der Waals surface area contributed by atoms with Crippen LogP contribution in [0.5, 0.6) is 0 Å². The molecule has 0 aromatic carbocycles. The Bertz CT molecular complexity index is 258. The first-order chi connectivity index (χ1) is 5.34. The summed E-state index contributed by atoms with van der Waals surface area (Å²) in [5.41, 5.74) is 0. The third-order valence-corrected chi connectivity index (χ3v) is 1.22. The van der Waals surface area contributed by atoms with Crippen molar-refractivity contribution in [2.75, 3.05) is 6.54 Å². The predicted molar refractivity (Wildman–Crippen MR) is 39.3 cm³/mol. The largest absolute Gasteiger partial charge is 0.299 e. The quantitative estimate of drug-likeness (QED) is 0.441. The molecule has 1 aromatic heterocycles. The Morgan fingerprint density at radius 1 is 1.73 bits per heavy atom. The lowest BCUT2D eigenvalue weighted by molar-refractivity contribution is 0.638. The molecule has 0 bridgehead atoms. The minimum absolute atomic E-state index is 0.535. The standard InChI is InChI=1S/C6H9N5/c1-3-4-7-5-6-8-9-10-11(6)2/h1,7H,4-5H2,2H3. The molecule has 5 heteroatoms.